The van der Waals surface area contributed by atoms with Gasteiger partial charge in [0.15, 0.2) is 0 Å². The summed E-state index contributed by atoms with van der Waals surface area (Å²) in [5, 5.41) is 16.4. The number of hydrogen-bond acceptors (Lipinski definition) is 3. The standard InChI is InChI=1S/C9H12N2O2/c1-9(2,3)7-6(8(12)13)4-5-10-11-7/h4-5H,1-3H3,(H,12,13). The molecule has 0 aliphatic rings. The van der Waals surface area contributed by atoms with Gasteiger partial charge in [0, 0.05) is 5.41 Å². The van der Waals surface area contributed by atoms with Gasteiger partial charge >= 0.3 is 5.97 Å². The first-order valence-electron chi connectivity index (χ1n) is 3.98. The van der Waals surface area contributed by atoms with E-state index in [9.17, 15) is 4.79 Å². The Morgan fingerprint density at radius 2 is 2.08 bits per heavy atom. The Labute approximate surface area is 76.6 Å². The summed E-state index contributed by atoms with van der Waals surface area (Å²) in [5.74, 6) is -0.958. The van der Waals surface area contributed by atoms with E-state index < -0.39 is 5.97 Å². The minimum Gasteiger partial charge on any atom is -0.478 e. The van der Waals surface area contributed by atoms with Crippen LogP contribution in [0.5, 0.6) is 0 Å². The number of carboxylic acid groups (broad SMARTS) is 1. The molecule has 4 heteroatoms. The van der Waals surface area contributed by atoms with Gasteiger partial charge in [0.2, 0.25) is 0 Å². The topological polar surface area (TPSA) is 63.1 Å². The summed E-state index contributed by atoms with van der Waals surface area (Å²) >= 11 is 0. The third-order valence-corrected chi connectivity index (χ3v) is 1.66. The van der Waals surface area contributed by atoms with Crippen LogP contribution in [0.15, 0.2) is 12.3 Å². The van der Waals surface area contributed by atoms with Gasteiger partial charge in [-0.1, -0.05) is 20.8 Å². The maximum Gasteiger partial charge on any atom is 0.337 e. The number of rotatable bonds is 1. The van der Waals surface area contributed by atoms with Crippen molar-refractivity contribution >= 4 is 5.97 Å². The second-order valence-corrected chi connectivity index (χ2v) is 3.85. The maximum absolute atomic E-state index is 10.8. The van der Waals surface area contributed by atoms with Gasteiger partial charge in [-0.3, -0.25) is 0 Å². The molecule has 0 atom stereocenters. The highest BCUT2D eigenvalue weighted by Crippen LogP contribution is 2.22. The first kappa shape index (κ1) is 9.64. The monoisotopic (exact) mass is 180 g/mol. The fourth-order valence-electron chi connectivity index (χ4n) is 1.06. The number of hydrogen-bond donors (Lipinski definition) is 1. The molecule has 0 aliphatic carbocycles. The van der Waals surface area contributed by atoms with Gasteiger partial charge in [0.1, 0.15) is 0 Å². The third kappa shape index (κ3) is 2.02. The van der Waals surface area contributed by atoms with Crippen molar-refractivity contribution in [2.24, 2.45) is 0 Å². The summed E-state index contributed by atoms with van der Waals surface area (Å²) < 4.78 is 0. The Kier molecular flexibility index (Phi) is 2.32. The molecule has 4 nitrogen and oxygen atoms in total. The molecule has 0 amide bonds. The van der Waals surface area contributed by atoms with E-state index in [4.69, 9.17) is 5.11 Å². The number of carboxylic acids is 1. The van der Waals surface area contributed by atoms with E-state index in [0.717, 1.165) is 0 Å². The number of nitrogens with zero attached hydrogens (tertiary/aromatic N) is 2. The fraction of sp³-hybridized carbons (Fsp3) is 0.444. The highest BCUT2D eigenvalue weighted by molar-refractivity contribution is 5.89. The smallest absolute Gasteiger partial charge is 0.337 e. The van der Waals surface area contributed by atoms with Crippen molar-refractivity contribution in [3.63, 3.8) is 0 Å². The Balaban J connectivity index is 3.28. The fourth-order valence-corrected chi connectivity index (χ4v) is 1.06. The van der Waals surface area contributed by atoms with E-state index in [-0.39, 0.29) is 11.0 Å². The quantitative estimate of drug-likeness (QED) is 0.710. The Bertz CT molecular complexity index is 329. The summed E-state index contributed by atoms with van der Waals surface area (Å²) in [7, 11) is 0. The number of carbonyl (C=O) groups is 1. The van der Waals surface area contributed by atoms with E-state index in [1.54, 1.807) is 0 Å². The van der Waals surface area contributed by atoms with Crippen molar-refractivity contribution in [2.75, 3.05) is 0 Å². The van der Waals surface area contributed by atoms with Crippen molar-refractivity contribution < 1.29 is 9.90 Å². The van der Waals surface area contributed by atoms with Crippen LogP contribution in [0.3, 0.4) is 0 Å². The molecule has 1 aromatic rings. The van der Waals surface area contributed by atoms with Crippen LogP contribution in [-0.4, -0.2) is 21.3 Å². The highest BCUT2D eigenvalue weighted by atomic mass is 16.4. The third-order valence-electron chi connectivity index (χ3n) is 1.66. The van der Waals surface area contributed by atoms with Gasteiger partial charge in [-0.2, -0.15) is 10.2 Å². The van der Waals surface area contributed by atoms with E-state index in [1.807, 2.05) is 20.8 Å². The van der Waals surface area contributed by atoms with Gasteiger partial charge < -0.3 is 5.11 Å². The normalized spacial score (nSPS) is 11.3. The predicted molar refractivity (Wildman–Crippen MR) is 47.7 cm³/mol. The van der Waals surface area contributed by atoms with Crippen LogP contribution in [0.25, 0.3) is 0 Å². The molecule has 1 heterocycles. The molecule has 1 aromatic heterocycles. The van der Waals surface area contributed by atoms with Crippen LogP contribution >= 0.6 is 0 Å². The Morgan fingerprint density at radius 1 is 1.46 bits per heavy atom. The minimum atomic E-state index is -0.958. The minimum absolute atomic E-state index is 0.225. The molecule has 13 heavy (non-hydrogen) atoms. The molecule has 0 bridgehead atoms. The second-order valence-electron chi connectivity index (χ2n) is 3.85. The SMILES string of the molecule is CC(C)(C)c1nnccc1C(=O)O. The van der Waals surface area contributed by atoms with E-state index >= 15 is 0 Å². The van der Waals surface area contributed by atoms with Gasteiger partial charge in [-0.05, 0) is 6.07 Å². The summed E-state index contributed by atoms with van der Waals surface area (Å²) in [6, 6.07) is 1.47. The van der Waals surface area contributed by atoms with Crippen molar-refractivity contribution in [2.45, 2.75) is 26.2 Å². The molecule has 70 valence electrons. The second kappa shape index (κ2) is 3.12. The first-order valence-corrected chi connectivity index (χ1v) is 3.98. The van der Waals surface area contributed by atoms with Crippen molar-refractivity contribution in [1.29, 1.82) is 0 Å². The number of aromatic nitrogens is 2. The van der Waals surface area contributed by atoms with Gasteiger partial charge in [-0.15, -0.1) is 0 Å². The van der Waals surface area contributed by atoms with Gasteiger partial charge in [-0.25, -0.2) is 4.79 Å². The van der Waals surface area contributed by atoms with Crippen LogP contribution in [-0.2, 0) is 5.41 Å². The lowest BCUT2D eigenvalue weighted by molar-refractivity contribution is 0.0693. The lowest BCUT2D eigenvalue weighted by atomic mass is 9.89. The van der Waals surface area contributed by atoms with Crippen LogP contribution < -0.4 is 0 Å². The molecule has 0 aliphatic heterocycles. The van der Waals surface area contributed by atoms with E-state index in [0.29, 0.717) is 5.69 Å². The molecule has 0 saturated heterocycles. The summed E-state index contributed by atoms with van der Waals surface area (Å²) in [5.41, 5.74) is 0.451. The van der Waals surface area contributed by atoms with Crippen LogP contribution in [0.1, 0.15) is 36.8 Å². The van der Waals surface area contributed by atoms with E-state index in [1.165, 1.54) is 12.3 Å². The molecule has 0 fully saturated rings. The lowest BCUT2D eigenvalue weighted by Gasteiger charge is -2.18. The molecular weight excluding hydrogens is 168 g/mol. The van der Waals surface area contributed by atoms with Gasteiger partial charge in [0.05, 0.1) is 17.5 Å². The zero-order chi connectivity index (χ0) is 10.1. The molecule has 0 radical (unpaired) electrons. The molecular formula is C9H12N2O2. The molecule has 0 unspecified atom stereocenters. The summed E-state index contributed by atoms with van der Waals surface area (Å²) in [6.45, 7) is 5.72. The molecule has 0 saturated carbocycles. The largest absolute Gasteiger partial charge is 0.478 e. The zero-order valence-corrected chi connectivity index (χ0v) is 7.90. The van der Waals surface area contributed by atoms with Gasteiger partial charge in [0.25, 0.3) is 0 Å². The highest BCUT2D eigenvalue weighted by Gasteiger charge is 2.23. The maximum atomic E-state index is 10.8. The average Bonchev–Trinajstić information content (AvgIpc) is 2.03. The Hall–Kier alpha value is -1.45. The zero-order valence-electron chi connectivity index (χ0n) is 7.90. The summed E-state index contributed by atoms with van der Waals surface area (Å²) in [6.07, 6.45) is 1.39. The van der Waals surface area contributed by atoms with E-state index in [2.05, 4.69) is 10.2 Å². The molecule has 0 aromatic carbocycles. The first-order chi connectivity index (χ1) is 5.93. The van der Waals surface area contributed by atoms with Crippen molar-refractivity contribution in [3.05, 3.63) is 23.5 Å². The van der Waals surface area contributed by atoms with Crippen LogP contribution in [0.4, 0.5) is 0 Å². The molecule has 1 N–H and O–H groups in total. The van der Waals surface area contributed by atoms with Crippen LogP contribution in [0, 0.1) is 0 Å². The molecule has 1 rings (SSSR count). The Morgan fingerprint density at radius 3 is 2.46 bits per heavy atom. The van der Waals surface area contributed by atoms with Crippen molar-refractivity contribution in [3.8, 4) is 0 Å². The number of aromatic carboxylic acids is 1. The average molecular weight is 180 g/mol. The predicted octanol–water partition coefficient (Wildman–Crippen LogP) is 1.47. The van der Waals surface area contributed by atoms with Crippen molar-refractivity contribution in [1.82, 2.24) is 10.2 Å². The molecule has 0 spiro atoms. The van der Waals surface area contributed by atoms with Crippen LogP contribution in [0.2, 0.25) is 0 Å². The summed E-state index contributed by atoms with van der Waals surface area (Å²) in [4.78, 5) is 10.8. The lowest BCUT2D eigenvalue weighted by Crippen LogP contribution is -2.19.